The van der Waals surface area contributed by atoms with Crippen LogP contribution in [0.2, 0.25) is 10.0 Å². The molecule has 1 N–H and O–H groups in total. The molecule has 176 valence electrons. The second-order valence-corrected chi connectivity index (χ2v) is 9.35. The number of amides is 1. The van der Waals surface area contributed by atoms with Gasteiger partial charge < -0.3 is 10.1 Å². The Morgan fingerprint density at radius 1 is 1.06 bits per heavy atom. The molecule has 33 heavy (non-hydrogen) atoms. The summed E-state index contributed by atoms with van der Waals surface area (Å²) in [5.74, 6) is 1.65. The molecule has 0 bridgehead atoms. The number of halogens is 2. The summed E-state index contributed by atoms with van der Waals surface area (Å²) in [6, 6.07) is 15.5. The van der Waals surface area contributed by atoms with Crippen molar-refractivity contribution in [3.05, 3.63) is 70.0 Å². The first-order valence-electron chi connectivity index (χ1n) is 10.9. The van der Waals surface area contributed by atoms with E-state index in [0.717, 1.165) is 47.2 Å². The van der Waals surface area contributed by atoms with Gasteiger partial charge in [-0.15, -0.1) is 10.2 Å². The predicted octanol–water partition coefficient (Wildman–Crippen LogP) is 5.73. The zero-order chi connectivity index (χ0) is 23.5. The SMILES string of the molecule is COCCCNC(=O)CCCCc1nnc(SCc2cccc(Cl)c2)n1-c1cccc(Cl)c1. The second kappa shape index (κ2) is 13.6. The molecule has 9 heteroatoms. The summed E-state index contributed by atoms with van der Waals surface area (Å²) < 4.78 is 7.04. The minimum Gasteiger partial charge on any atom is -0.385 e. The summed E-state index contributed by atoms with van der Waals surface area (Å²) in [7, 11) is 1.66. The first kappa shape index (κ1) is 25.6. The molecule has 1 heterocycles. The first-order valence-corrected chi connectivity index (χ1v) is 12.6. The maximum atomic E-state index is 12.0. The van der Waals surface area contributed by atoms with Crippen LogP contribution in [0.3, 0.4) is 0 Å². The van der Waals surface area contributed by atoms with E-state index in [1.54, 1.807) is 18.9 Å². The van der Waals surface area contributed by atoms with Gasteiger partial charge in [0, 0.05) is 48.9 Å². The lowest BCUT2D eigenvalue weighted by Gasteiger charge is -2.11. The summed E-state index contributed by atoms with van der Waals surface area (Å²) in [4.78, 5) is 12.0. The van der Waals surface area contributed by atoms with E-state index in [-0.39, 0.29) is 5.91 Å². The number of carbonyl (C=O) groups is 1. The zero-order valence-electron chi connectivity index (χ0n) is 18.6. The van der Waals surface area contributed by atoms with Gasteiger partial charge >= 0.3 is 0 Å². The molecule has 2 aromatic carbocycles. The van der Waals surface area contributed by atoms with Gasteiger partial charge in [-0.3, -0.25) is 9.36 Å². The van der Waals surface area contributed by atoms with Crippen LogP contribution in [-0.4, -0.2) is 40.9 Å². The molecule has 0 aliphatic rings. The van der Waals surface area contributed by atoms with E-state index in [9.17, 15) is 4.79 Å². The minimum absolute atomic E-state index is 0.0696. The number of benzene rings is 2. The van der Waals surface area contributed by atoms with Crippen molar-refractivity contribution in [1.82, 2.24) is 20.1 Å². The fraction of sp³-hybridized carbons (Fsp3) is 0.375. The Balaban J connectivity index is 1.63. The third kappa shape index (κ3) is 8.34. The van der Waals surface area contributed by atoms with Crippen molar-refractivity contribution in [3.63, 3.8) is 0 Å². The number of unbranched alkanes of at least 4 members (excludes halogenated alkanes) is 1. The number of rotatable bonds is 13. The highest BCUT2D eigenvalue weighted by atomic mass is 35.5. The number of hydrogen-bond donors (Lipinski definition) is 1. The molecule has 3 rings (SSSR count). The molecule has 1 aromatic heterocycles. The molecule has 0 aliphatic heterocycles. The van der Waals surface area contributed by atoms with E-state index in [0.29, 0.717) is 36.0 Å². The van der Waals surface area contributed by atoms with Crippen LogP contribution < -0.4 is 5.32 Å². The Bertz CT molecular complexity index is 1040. The molecular weight excluding hydrogens is 479 g/mol. The van der Waals surface area contributed by atoms with Gasteiger partial charge in [0.1, 0.15) is 5.82 Å². The average molecular weight is 507 g/mol. The molecule has 3 aromatic rings. The summed E-state index contributed by atoms with van der Waals surface area (Å²) >= 11 is 14.0. The Kier molecular flexibility index (Phi) is 10.5. The fourth-order valence-corrected chi connectivity index (χ4v) is 4.62. The summed E-state index contributed by atoms with van der Waals surface area (Å²) in [5.41, 5.74) is 2.04. The Hall–Kier alpha value is -2.06. The van der Waals surface area contributed by atoms with Gasteiger partial charge in [0.05, 0.1) is 5.69 Å². The molecule has 0 saturated carbocycles. The van der Waals surface area contributed by atoms with Gasteiger partial charge in [0.25, 0.3) is 0 Å². The highest BCUT2D eigenvalue weighted by molar-refractivity contribution is 7.98. The molecule has 0 radical (unpaired) electrons. The Morgan fingerprint density at radius 3 is 2.61 bits per heavy atom. The molecule has 0 spiro atoms. The number of ether oxygens (including phenoxy) is 1. The quantitative estimate of drug-likeness (QED) is 0.236. The largest absolute Gasteiger partial charge is 0.385 e. The minimum atomic E-state index is 0.0696. The first-order chi connectivity index (χ1) is 16.1. The van der Waals surface area contributed by atoms with Crippen LogP contribution in [0.4, 0.5) is 0 Å². The molecule has 0 unspecified atom stereocenters. The lowest BCUT2D eigenvalue weighted by Crippen LogP contribution is -2.24. The van der Waals surface area contributed by atoms with Crippen molar-refractivity contribution in [3.8, 4) is 5.69 Å². The average Bonchev–Trinajstić information content (AvgIpc) is 3.21. The number of carbonyl (C=O) groups excluding carboxylic acids is 1. The van der Waals surface area contributed by atoms with E-state index in [1.165, 1.54) is 0 Å². The van der Waals surface area contributed by atoms with Crippen LogP contribution in [0.15, 0.2) is 53.7 Å². The lowest BCUT2D eigenvalue weighted by molar-refractivity contribution is -0.121. The van der Waals surface area contributed by atoms with Gasteiger partial charge in [-0.05, 0) is 55.2 Å². The molecule has 0 fully saturated rings. The van der Waals surface area contributed by atoms with Gasteiger partial charge in [-0.25, -0.2) is 0 Å². The van der Waals surface area contributed by atoms with Crippen LogP contribution in [0.5, 0.6) is 0 Å². The number of nitrogens with one attached hydrogen (secondary N) is 1. The highest BCUT2D eigenvalue weighted by Gasteiger charge is 2.15. The van der Waals surface area contributed by atoms with Crippen LogP contribution in [-0.2, 0) is 21.7 Å². The Labute approximate surface area is 209 Å². The molecular formula is C24H28Cl2N4O2S. The summed E-state index contributed by atoms with van der Waals surface area (Å²) in [6.45, 7) is 1.29. The van der Waals surface area contributed by atoms with Crippen LogP contribution >= 0.6 is 35.0 Å². The summed E-state index contributed by atoms with van der Waals surface area (Å²) in [5, 5.41) is 14.0. The van der Waals surface area contributed by atoms with Crippen LogP contribution in [0, 0.1) is 0 Å². The number of thioether (sulfide) groups is 1. The van der Waals surface area contributed by atoms with Gasteiger partial charge in [-0.1, -0.05) is 53.2 Å². The third-order valence-electron chi connectivity index (χ3n) is 4.93. The van der Waals surface area contributed by atoms with E-state index in [4.69, 9.17) is 27.9 Å². The number of hydrogen-bond acceptors (Lipinski definition) is 5. The van der Waals surface area contributed by atoms with Crippen molar-refractivity contribution in [2.45, 2.75) is 43.0 Å². The Morgan fingerprint density at radius 2 is 1.85 bits per heavy atom. The molecule has 0 saturated heterocycles. The van der Waals surface area contributed by atoms with Crippen LogP contribution in [0.1, 0.15) is 37.1 Å². The number of nitrogens with zero attached hydrogens (tertiary/aromatic N) is 3. The molecule has 0 aliphatic carbocycles. The fourth-order valence-electron chi connectivity index (χ4n) is 3.31. The van der Waals surface area contributed by atoms with E-state index in [1.807, 2.05) is 53.1 Å². The van der Waals surface area contributed by atoms with Crippen LogP contribution in [0.25, 0.3) is 5.69 Å². The third-order valence-corrected chi connectivity index (χ3v) is 6.40. The lowest BCUT2D eigenvalue weighted by atomic mass is 10.1. The molecule has 1 amide bonds. The zero-order valence-corrected chi connectivity index (χ0v) is 20.9. The van der Waals surface area contributed by atoms with Gasteiger partial charge in [-0.2, -0.15) is 0 Å². The van der Waals surface area contributed by atoms with E-state index in [2.05, 4.69) is 15.5 Å². The smallest absolute Gasteiger partial charge is 0.219 e. The summed E-state index contributed by atoms with van der Waals surface area (Å²) in [6.07, 6.45) is 3.65. The maximum absolute atomic E-state index is 12.0. The second-order valence-electron chi connectivity index (χ2n) is 7.54. The molecule has 6 nitrogen and oxygen atoms in total. The van der Waals surface area contributed by atoms with E-state index >= 15 is 0 Å². The van der Waals surface area contributed by atoms with E-state index < -0.39 is 0 Å². The van der Waals surface area contributed by atoms with Crippen molar-refractivity contribution < 1.29 is 9.53 Å². The number of aromatic nitrogens is 3. The predicted molar refractivity (Wildman–Crippen MR) is 134 cm³/mol. The van der Waals surface area contributed by atoms with Gasteiger partial charge in [0.15, 0.2) is 5.16 Å². The van der Waals surface area contributed by atoms with Crippen molar-refractivity contribution in [2.24, 2.45) is 0 Å². The van der Waals surface area contributed by atoms with Crippen molar-refractivity contribution >= 4 is 40.9 Å². The van der Waals surface area contributed by atoms with Gasteiger partial charge in [0.2, 0.25) is 5.91 Å². The number of methoxy groups -OCH3 is 1. The standard InChI is InChI=1S/C24H28Cl2N4O2S/c1-32-14-6-13-27-23(31)12-3-2-11-22-28-29-24(30(22)21-10-5-9-20(26)16-21)33-17-18-7-4-8-19(25)15-18/h4-5,7-10,15-16H,2-3,6,11-14,17H2,1H3,(H,27,31). The normalized spacial score (nSPS) is 11.0. The van der Waals surface area contributed by atoms with Crippen molar-refractivity contribution in [1.29, 1.82) is 0 Å². The topological polar surface area (TPSA) is 69.0 Å². The monoisotopic (exact) mass is 506 g/mol. The molecule has 0 atom stereocenters. The van der Waals surface area contributed by atoms with Crippen molar-refractivity contribution in [2.75, 3.05) is 20.3 Å². The highest BCUT2D eigenvalue weighted by Crippen LogP contribution is 2.28. The number of aryl methyl sites for hydroxylation is 1. The maximum Gasteiger partial charge on any atom is 0.219 e.